The molecule has 184 valence electrons. The normalized spacial score (nSPS) is 23.8. The summed E-state index contributed by atoms with van der Waals surface area (Å²) in [5.74, 6) is 0.189. The van der Waals surface area contributed by atoms with Crippen molar-refractivity contribution in [2.24, 2.45) is 0 Å². The number of non-ortho nitro benzene ring substituents is 1. The third-order valence-electron chi connectivity index (χ3n) is 8.33. The van der Waals surface area contributed by atoms with Crippen molar-refractivity contribution in [3.63, 3.8) is 0 Å². The molecule has 1 aliphatic carbocycles. The maximum Gasteiger partial charge on any atom is 0.270 e. The van der Waals surface area contributed by atoms with Gasteiger partial charge in [0.1, 0.15) is 5.75 Å². The van der Waals surface area contributed by atoms with E-state index in [1.165, 1.54) is 11.6 Å². The second-order valence-electron chi connectivity index (χ2n) is 10.3. The summed E-state index contributed by atoms with van der Waals surface area (Å²) in [6, 6.07) is 22.5. The van der Waals surface area contributed by atoms with Crippen LogP contribution in [-0.2, 0) is 24.7 Å². The van der Waals surface area contributed by atoms with Crippen molar-refractivity contribution >= 4 is 16.6 Å². The van der Waals surface area contributed by atoms with Crippen molar-refractivity contribution in [2.75, 3.05) is 19.6 Å². The van der Waals surface area contributed by atoms with E-state index in [0.29, 0.717) is 19.4 Å². The maximum atomic E-state index is 12.5. The number of nitrogens with zero attached hydrogens (tertiary/aromatic N) is 2. The van der Waals surface area contributed by atoms with Crippen molar-refractivity contribution in [2.45, 2.75) is 36.7 Å². The second kappa shape index (κ2) is 8.47. The minimum Gasteiger partial charge on any atom is -0.508 e. The highest BCUT2D eigenvalue weighted by Gasteiger charge is 2.57. The summed E-state index contributed by atoms with van der Waals surface area (Å²) in [6.45, 7) is 2.18. The second-order valence-corrected chi connectivity index (χ2v) is 10.3. The van der Waals surface area contributed by atoms with Gasteiger partial charge < -0.3 is 20.1 Å². The lowest BCUT2D eigenvalue weighted by Gasteiger charge is -2.56. The van der Waals surface area contributed by atoms with Gasteiger partial charge in [0.05, 0.1) is 10.5 Å². The summed E-state index contributed by atoms with van der Waals surface area (Å²) in [4.78, 5) is 16.9. The largest absolute Gasteiger partial charge is 0.508 e. The van der Waals surface area contributed by atoms with E-state index < -0.39 is 11.0 Å². The minimum atomic E-state index is -1.09. The molecule has 2 aliphatic rings. The molecular formula is C29H29N3O4. The van der Waals surface area contributed by atoms with E-state index >= 15 is 0 Å². The fraction of sp³-hybridized carbons (Fsp3) is 0.310. The highest BCUT2D eigenvalue weighted by molar-refractivity contribution is 5.87. The van der Waals surface area contributed by atoms with Crippen LogP contribution in [0.15, 0.2) is 72.8 Å². The lowest BCUT2D eigenvalue weighted by Crippen LogP contribution is -2.66. The first-order valence-electron chi connectivity index (χ1n) is 12.4. The van der Waals surface area contributed by atoms with E-state index in [0.717, 1.165) is 53.7 Å². The number of phenols is 1. The number of nitrogens with one attached hydrogen (secondary N) is 1. The molecule has 2 atom stereocenters. The van der Waals surface area contributed by atoms with E-state index in [1.807, 2.05) is 30.3 Å². The summed E-state index contributed by atoms with van der Waals surface area (Å²) in [5.41, 5.74) is 3.39. The number of fused-ring (bicyclic) bond motifs is 4. The number of aromatic nitrogens is 1. The Balaban J connectivity index is 1.41. The van der Waals surface area contributed by atoms with E-state index in [2.05, 4.69) is 22.0 Å². The van der Waals surface area contributed by atoms with Gasteiger partial charge in [-0.15, -0.1) is 0 Å². The summed E-state index contributed by atoms with van der Waals surface area (Å²) in [7, 11) is 0. The predicted octanol–water partition coefficient (Wildman–Crippen LogP) is 4.50. The lowest BCUT2D eigenvalue weighted by atomic mass is 9.56. The molecular weight excluding hydrogens is 454 g/mol. The number of hydrogen-bond acceptors (Lipinski definition) is 5. The molecule has 2 unspecified atom stereocenters. The summed E-state index contributed by atoms with van der Waals surface area (Å²) in [6.07, 6.45) is 2.62. The van der Waals surface area contributed by atoms with Gasteiger partial charge in [0.15, 0.2) is 0 Å². The van der Waals surface area contributed by atoms with E-state index in [4.69, 9.17) is 0 Å². The fourth-order valence-electron chi connectivity index (χ4n) is 6.45. The van der Waals surface area contributed by atoms with Crippen LogP contribution in [0, 0.1) is 10.1 Å². The van der Waals surface area contributed by atoms with Crippen molar-refractivity contribution in [3.05, 3.63) is 105 Å². The molecule has 7 nitrogen and oxygen atoms in total. The molecule has 0 saturated carbocycles. The van der Waals surface area contributed by atoms with E-state index in [-0.39, 0.29) is 16.4 Å². The highest BCUT2D eigenvalue weighted by atomic mass is 16.6. The van der Waals surface area contributed by atoms with Gasteiger partial charge in [-0.2, -0.15) is 0 Å². The molecule has 6 rings (SSSR count). The number of nitro benzene ring substituents is 1. The Hall–Kier alpha value is -3.68. The first-order chi connectivity index (χ1) is 17.4. The molecule has 3 aromatic carbocycles. The van der Waals surface area contributed by atoms with Crippen LogP contribution < -0.4 is 0 Å². The van der Waals surface area contributed by atoms with Crippen LogP contribution in [0.4, 0.5) is 5.69 Å². The first kappa shape index (κ1) is 22.8. The number of nitro groups is 1. The van der Waals surface area contributed by atoms with Crippen molar-refractivity contribution < 1.29 is 15.1 Å². The summed E-state index contributed by atoms with van der Waals surface area (Å²) < 4.78 is 0. The van der Waals surface area contributed by atoms with Gasteiger partial charge in [-0.1, -0.05) is 42.5 Å². The van der Waals surface area contributed by atoms with Crippen LogP contribution in [0.1, 0.15) is 28.8 Å². The monoisotopic (exact) mass is 483 g/mol. The number of aromatic hydroxyl groups is 1. The average molecular weight is 484 g/mol. The molecule has 7 heteroatoms. The molecule has 1 aromatic heterocycles. The number of aliphatic hydroxyl groups is 1. The molecule has 36 heavy (non-hydrogen) atoms. The molecule has 0 spiro atoms. The number of benzene rings is 3. The molecule has 4 aromatic rings. The number of phenolic OH excluding ortho intramolecular Hbond substituents is 1. The topological polar surface area (TPSA) is 103 Å². The minimum absolute atomic E-state index is 0.0502. The fourth-order valence-corrected chi connectivity index (χ4v) is 6.45. The van der Waals surface area contributed by atoms with Crippen LogP contribution in [-0.4, -0.2) is 50.3 Å². The Morgan fingerprint density at radius 1 is 1.03 bits per heavy atom. The van der Waals surface area contributed by atoms with Crippen LogP contribution in [0.3, 0.4) is 0 Å². The Kier molecular flexibility index (Phi) is 5.35. The number of β-amino-alcohol motifs (C(OH)–C–C–N with tert-alkyl or cyclic N) is 1. The molecule has 1 fully saturated rings. The molecule has 1 saturated heterocycles. The van der Waals surface area contributed by atoms with Gasteiger partial charge in [-0.25, -0.2) is 0 Å². The molecule has 2 heterocycles. The van der Waals surface area contributed by atoms with Gasteiger partial charge in [0.2, 0.25) is 0 Å². The number of likely N-dealkylation sites (tertiary alicyclic amines) is 1. The molecule has 3 N–H and O–H groups in total. The molecule has 0 amide bonds. The van der Waals surface area contributed by atoms with Gasteiger partial charge in [0, 0.05) is 60.1 Å². The van der Waals surface area contributed by atoms with Crippen LogP contribution in [0.25, 0.3) is 10.9 Å². The van der Waals surface area contributed by atoms with Crippen LogP contribution in [0.5, 0.6) is 5.75 Å². The first-order valence-corrected chi connectivity index (χ1v) is 12.4. The lowest BCUT2D eigenvalue weighted by molar-refractivity contribution is -0.384. The molecule has 1 aliphatic heterocycles. The third kappa shape index (κ3) is 3.67. The number of H-pyrrole nitrogens is 1. The standard InChI is InChI=1S/C29H29N3O4/c33-23-8-4-7-21(15-23)28-12-14-31(13-11-20-5-2-1-3-6-20)19-29(28,34)17-25-24-16-22(32(35)36)9-10-26(24)30-27(25)18-28/h1-10,15-16,30,33-34H,11-14,17-19H2. The van der Waals surface area contributed by atoms with Gasteiger partial charge >= 0.3 is 0 Å². The average Bonchev–Trinajstić information content (AvgIpc) is 3.21. The Morgan fingerprint density at radius 2 is 1.86 bits per heavy atom. The van der Waals surface area contributed by atoms with E-state index in [9.17, 15) is 20.3 Å². The quantitative estimate of drug-likeness (QED) is 0.287. The predicted molar refractivity (Wildman–Crippen MR) is 138 cm³/mol. The maximum absolute atomic E-state index is 12.5. The Morgan fingerprint density at radius 3 is 2.64 bits per heavy atom. The number of hydrogen-bond donors (Lipinski definition) is 3. The number of rotatable bonds is 5. The van der Waals surface area contributed by atoms with Gasteiger partial charge in [-0.05, 0) is 54.3 Å². The SMILES string of the molecule is O=[N+]([O-])c1ccc2[nH]c3c(c2c1)CC1(O)CN(CCc2ccccc2)CCC1(c1cccc(O)c1)C3. The third-order valence-corrected chi connectivity index (χ3v) is 8.33. The molecule has 0 radical (unpaired) electrons. The summed E-state index contributed by atoms with van der Waals surface area (Å²) in [5, 5.41) is 35.0. The highest BCUT2D eigenvalue weighted by Crippen LogP contribution is 2.52. The van der Waals surface area contributed by atoms with E-state index in [1.54, 1.807) is 24.3 Å². The van der Waals surface area contributed by atoms with Crippen molar-refractivity contribution in [1.29, 1.82) is 0 Å². The van der Waals surface area contributed by atoms with Crippen molar-refractivity contribution in [3.8, 4) is 5.75 Å². The van der Waals surface area contributed by atoms with Crippen LogP contribution >= 0.6 is 0 Å². The zero-order valence-electron chi connectivity index (χ0n) is 20.0. The Labute approximate surface area is 209 Å². The zero-order chi connectivity index (χ0) is 24.9. The smallest absolute Gasteiger partial charge is 0.270 e. The Bertz CT molecular complexity index is 1450. The zero-order valence-corrected chi connectivity index (χ0v) is 20.0. The number of aromatic amines is 1. The van der Waals surface area contributed by atoms with Crippen molar-refractivity contribution in [1.82, 2.24) is 9.88 Å². The van der Waals surface area contributed by atoms with Gasteiger partial charge in [0.25, 0.3) is 5.69 Å². The van der Waals surface area contributed by atoms with Gasteiger partial charge in [-0.3, -0.25) is 10.1 Å². The summed E-state index contributed by atoms with van der Waals surface area (Å²) >= 11 is 0. The molecule has 0 bridgehead atoms. The van der Waals surface area contributed by atoms with Crippen LogP contribution in [0.2, 0.25) is 0 Å². The number of piperidine rings is 1.